The summed E-state index contributed by atoms with van der Waals surface area (Å²) in [5.41, 5.74) is -0.759. The van der Waals surface area contributed by atoms with Crippen molar-refractivity contribution in [3.05, 3.63) is 45.8 Å². The van der Waals surface area contributed by atoms with Gasteiger partial charge >= 0.3 is 18.3 Å². The fraction of sp³-hybridized carbons (Fsp3) is 0.333. The van der Waals surface area contributed by atoms with Crippen LogP contribution in [-0.4, -0.2) is 18.0 Å². The van der Waals surface area contributed by atoms with E-state index in [1.165, 1.54) is 6.07 Å². The minimum atomic E-state index is -5.14. The van der Waals surface area contributed by atoms with Crippen molar-refractivity contribution >= 4 is 33.8 Å². The molecule has 0 fully saturated rings. The van der Waals surface area contributed by atoms with Gasteiger partial charge in [-0.05, 0) is 49.4 Å². The number of thiophene rings is 1. The molecule has 156 valence electrons. The summed E-state index contributed by atoms with van der Waals surface area (Å²) in [5, 5.41) is 3.76. The highest BCUT2D eigenvalue weighted by atomic mass is 32.1. The van der Waals surface area contributed by atoms with Gasteiger partial charge in [0.05, 0.1) is 11.1 Å². The van der Waals surface area contributed by atoms with Gasteiger partial charge in [0.15, 0.2) is 0 Å². The van der Waals surface area contributed by atoms with Crippen LogP contribution in [0, 0.1) is 0 Å². The van der Waals surface area contributed by atoms with E-state index >= 15 is 0 Å². The van der Waals surface area contributed by atoms with Gasteiger partial charge in [-0.15, -0.1) is 11.3 Å². The van der Waals surface area contributed by atoms with Crippen LogP contribution in [0.2, 0.25) is 0 Å². The van der Waals surface area contributed by atoms with E-state index in [9.17, 15) is 35.9 Å². The van der Waals surface area contributed by atoms with Crippen molar-refractivity contribution in [3.63, 3.8) is 0 Å². The molecule has 0 bridgehead atoms. The van der Waals surface area contributed by atoms with Crippen molar-refractivity contribution in [1.82, 2.24) is 0 Å². The van der Waals surface area contributed by atoms with Gasteiger partial charge in [-0.3, -0.25) is 9.59 Å². The predicted octanol–water partition coefficient (Wildman–Crippen LogP) is 5.40. The average Bonchev–Trinajstić information content (AvgIpc) is 2.98. The van der Waals surface area contributed by atoms with E-state index in [2.05, 4.69) is 5.32 Å². The number of carbonyl (C=O) groups excluding carboxylic acids is 2. The minimum Gasteiger partial charge on any atom is -0.322 e. The van der Waals surface area contributed by atoms with E-state index in [0.29, 0.717) is 29.7 Å². The van der Waals surface area contributed by atoms with E-state index in [0.717, 1.165) is 36.0 Å². The number of aryl methyl sites for hydroxylation is 1. The van der Waals surface area contributed by atoms with Gasteiger partial charge in [0.1, 0.15) is 5.00 Å². The third-order valence-electron chi connectivity index (χ3n) is 4.33. The summed E-state index contributed by atoms with van der Waals surface area (Å²) in [7, 11) is 0. The van der Waals surface area contributed by atoms with E-state index in [4.69, 9.17) is 0 Å². The van der Waals surface area contributed by atoms with Crippen molar-refractivity contribution in [1.29, 1.82) is 0 Å². The van der Waals surface area contributed by atoms with Crippen LogP contribution in [0.25, 0.3) is 0 Å². The predicted molar refractivity (Wildman–Crippen MR) is 95.0 cm³/mol. The summed E-state index contributed by atoms with van der Waals surface area (Å²) >= 11 is 0.880. The smallest absolute Gasteiger partial charge is 0.322 e. The molecule has 1 aliphatic carbocycles. The number of carbonyl (C=O) groups is 2. The lowest BCUT2D eigenvalue weighted by Crippen LogP contribution is -2.30. The van der Waals surface area contributed by atoms with E-state index in [1.54, 1.807) is 5.32 Å². The van der Waals surface area contributed by atoms with E-state index in [-0.39, 0.29) is 16.3 Å². The molecule has 29 heavy (non-hydrogen) atoms. The fourth-order valence-electron chi connectivity index (χ4n) is 3.03. The zero-order chi connectivity index (χ0) is 21.4. The van der Waals surface area contributed by atoms with E-state index < -0.39 is 29.7 Å². The summed E-state index contributed by atoms with van der Waals surface area (Å²) in [5.74, 6) is -3.09. The first kappa shape index (κ1) is 21.2. The van der Waals surface area contributed by atoms with Gasteiger partial charge in [-0.1, -0.05) is 6.07 Å². The maximum absolute atomic E-state index is 12.9. The first-order valence-corrected chi connectivity index (χ1v) is 9.30. The Bertz CT molecular complexity index is 949. The second-order valence-electron chi connectivity index (χ2n) is 6.40. The maximum atomic E-state index is 12.9. The highest BCUT2D eigenvalue weighted by molar-refractivity contribution is 7.17. The Morgan fingerprint density at radius 2 is 1.66 bits per heavy atom. The molecule has 0 saturated heterocycles. The molecule has 3 rings (SSSR count). The third kappa shape index (κ3) is 4.72. The first-order valence-electron chi connectivity index (χ1n) is 8.48. The van der Waals surface area contributed by atoms with Gasteiger partial charge in [0.25, 0.3) is 5.91 Å². The monoisotopic (exact) mass is 436 g/mol. The van der Waals surface area contributed by atoms with Gasteiger partial charge in [-0.2, -0.15) is 26.3 Å². The Kier molecular flexibility index (Phi) is 5.61. The molecule has 0 atom stereocenters. The van der Waals surface area contributed by atoms with Crippen molar-refractivity contribution in [2.45, 2.75) is 38.0 Å². The molecule has 1 aromatic heterocycles. The number of hydrogen-bond acceptors (Lipinski definition) is 3. The molecule has 1 aromatic carbocycles. The van der Waals surface area contributed by atoms with Crippen LogP contribution in [0.4, 0.5) is 37.0 Å². The van der Waals surface area contributed by atoms with Crippen LogP contribution in [0.3, 0.4) is 0 Å². The van der Waals surface area contributed by atoms with Crippen LogP contribution in [-0.2, 0) is 23.8 Å². The Hall–Kier alpha value is -2.56. The maximum Gasteiger partial charge on any atom is 0.471 e. The highest BCUT2D eigenvalue weighted by Crippen LogP contribution is 2.39. The van der Waals surface area contributed by atoms with E-state index in [1.807, 2.05) is 0 Å². The molecule has 0 radical (unpaired) electrons. The molecule has 0 unspecified atom stereocenters. The zero-order valence-corrected chi connectivity index (χ0v) is 15.4. The number of nitrogens with one attached hydrogen (secondary N) is 2. The number of benzene rings is 1. The van der Waals surface area contributed by atoms with Crippen LogP contribution in [0.15, 0.2) is 24.3 Å². The van der Waals surface area contributed by atoms with Crippen LogP contribution >= 0.6 is 11.3 Å². The van der Waals surface area contributed by atoms with Crippen LogP contribution in [0.1, 0.15) is 39.2 Å². The molecule has 4 nitrogen and oxygen atoms in total. The molecule has 2 aromatic rings. The lowest BCUT2D eigenvalue weighted by Gasteiger charge is -2.14. The molecule has 0 aliphatic heterocycles. The number of fused-ring (bicyclic) bond motifs is 1. The lowest BCUT2D eigenvalue weighted by molar-refractivity contribution is -0.167. The average molecular weight is 436 g/mol. The zero-order valence-electron chi connectivity index (χ0n) is 14.6. The Morgan fingerprint density at radius 3 is 2.31 bits per heavy atom. The number of hydrogen-bond donors (Lipinski definition) is 2. The topological polar surface area (TPSA) is 58.2 Å². The van der Waals surface area contributed by atoms with Crippen molar-refractivity contribution in [2.24, 2.45) is 0 Å². The Balaban J connectivity index is 1.93. The molecule has 0 spiro atoms. The quantitative estimate of drug-likeness (QED) is 0.633. The molecule has 1 aliphatic rings. The summed E-state index contributed by atoms with van der Waals surface area (Å²) in [6.45, 7) is 0. The van der Waals surface area contributed by atoms with Crippen LogP contribution < -0.4 is 10.6 Å². The first-order chi connectivity index (χ1) is 13.5. The van der Waals surface area contributed by atoms with Gasteiger partial charge in [0.2, 0.25) is 0 Å². The van der Waals surface area contributed by atoms with Crippen molar-refractivity contribution in [2.75, 3.05) is 10.6 Å². The normalized spacial score (nSPS) is 14.3. The molecule has 0 saturated carbocycles. The number of amides is 2. The number of halogens is 6. The van der Waals surface area contributed by atoms with Gasteiger partial charge in [-0.25, -0.2) is 0 Å². The number of rotatable bonds is 3. The molecule has 2 N–H and O–H groups in total. The van der Waals surface area contributed by atoms with Gasteiger partial charge < -0.3 is 10.6 Å². The second kappa shape index (κ2) is 7.69. The van der Waals surface area contributed by atoms with Crippen LogP contribution in [0.5, 0.6) is 0 Å². The molecule has 11 heteroatoms. The number of alkyl halides is 6. The summed E-state index contributed by atoms with van der Waals surface area (Å²) in [6, 6.07) is 3.90. The number of anilines is 2. The minimum absolute atomic E-state index is 0.139. The molecular formula is C18H14F6N2O2S. The van der Waals surface area contributed by atoms with Gasteiger partial charge in [0, 0.05) is 10.6 Å². The van der Waals surface area contributed by atoms with Crippen molar-refractivity contribution < 1.29 is 35.9 Å². The lowest BCUT2D eigenvalue weighted by atomic mass is 9.95. The standard InChI is InChI=1S/C18H14F6N2O2S/c19-17(20,21)9-4-3-5-10(8-9)25-14(27)13-11-6-1-2-7-12(11)29-15(13)26-16(28)18(22,23)24/h3-5,8H,1-2,6-7H2,(H,25,27)(H,26,28). The fourth-order valence-corrected chi connectivity index (χ4v) is 4.32. The third-order valence-corrected chi connectivity index (χ3v) is 5.54. The van der Waals surface area contributed by atoms with Crippen molar-refractivity contribution in [3.8, 4) is 0 Å². The Morgan fingerprint density at radius 1 is 0.966 bits per heavy atom. The highest BCUT2D eigenvalue weighted by Gasteiger charge is 2.40. The second-order valence-corrected chi connectivity index (χ2v) is 7.50. The summed E-state index contributed by atoms with van der Waals surface area (Å²) in [6.07, 6.45) is -7.28. The Labute approximate surface area is 164 Å². The molecular weight excluding hydrogens is 422 g/mol. The SMILES string of the molecule is O=C(Nc1cccc(C(F)(F)F)c1)c1c(NC(=O)C(F)(F)F)sc2c1CCCC2. The molecule has 2 amide bonds. The summed E-state index contributed by atoms with van der Waals surface area (Å²) in [4.78, 5) is 24.8. The largest absolute Gasteiger partial charge is 0.471 e. The molecule has 1 heterocycles. The summed E-state index contributed by atoms with van der Waals surface area (Å²) < 4.78 is 76.5.